The number of carbonyl (C=O) groups excluding carboxylic acids is 2. The van der Waals surface area contributed by atoms with E-state index in [4.69, 9.17) is 16.3 Å². The summed E-state index contributed by atoms with van der Waals surface area (Å²) in [6, 6.07) is 3.53. The van der Waals surface area contributed by atoms with Gasteiger partial charge in [0.2, 0.25) is 5.91 Å². The summed E-state index contributed by atoms with van der Waals surface area (Å²) in [5.41, 5.74) is 1.49. The van der Waals surface area contributed by atoms with Crippen molar-refractivity contribution in [3.8, 4) is 5.75 Å². The minimum atomic E-state index is -0.504. The number of amides is 1. The number of ether oxygens (including phenoxy) is 1. The van der Waals surface area contributed by atoms with Crippen molar-refractivity contribution in [1.82, 2.24) is 4.90 Å². The molecule has 0 N–H and O–H groups in total. The van der Waals surface area contributed by atoms with Crippen LogP contribution in [0.5, 0.6) is 5.75 Å². The highest BCUT2D eigenvalue weighted by atomic mass is 35.5. The van der Waals surface area contributed by atoms with Crippen LogP contribution in [0.15, 0.2) is 24.3 Å². The fraction of sp³-hybridized carbons (Fsp3) is 0.444. The number of ketones is 1. The monoisotopic (exact) mass is 333 g/mol. The first-order valence-electron chi connectivity index (χ1n) is 7.78. The number of hydrogen-bond acceptors (Lipinski definition) is 3. The van der Waals surface area contributed by atoms with Crippen molar-refractivity contribution in [2.24, 2.45) is 0 Å². The Labute approximate surface area is 141 Å². The van der Waals surface area contributed by atoms with E-state index in [1.165, 1.54) is 0 Å². The molecule has 23 heavy (non-hydrogen) atoms. The minimum absolute atomic E-state index is 0.0231. The minimum Gasteiger partial charge on any atom is -0.486 e. The molecule has 4 nitrogen and oxygen atoms in total. The maximum Gasteiger partial charge on any atom is 0.248 e. The third-order valence-electron chi connectivity index (χ3n) is 4.70. The Morgan fingerprint density at radius 3 is 2.61 bits per heavy atom. The highest BCUT2D eigenvalue weighted by molar-refractivity contribution is 6.31. The molecular weight excluding hydrogens is 314 g/mol. The van der Waals surface area contributed by atoms with Crippen LogP contribution in [0.25, 0.3) is 0 Å². The van der Waals surface area contributed by atoms with Gasteiger partial charge in [-0.15, -0.1) is 0 Å². The van der Waals surface area contributed by atoms with Crippen LogP contribution < -0.4 is 4.74 Å². The van der Waals surface area contributed by atoms with Crippen molar-refractivity contribution >= 4 is 23.3 Å². The number of fused-ring (bicyclic) bond motifs is 1. The van der Waals surface area contributed by atoms with Gasteiger partial charge in [0.1, 0.15) is 11.4 Å². The molecular formula is C18H20ClNO3. The predicted molar refractivity (Wildman–Crippen MR) is 89.1 cm³/mol. The zero-order chi connectivity index (χ0) is 16.8. The van der Waals surface area contributed by atoms with E-state index in [9.17, 15) is 9.59 Å². The van der Waals surface area contributed by atoms with E-state index in [1.54, 1.807) is 17.9 Å². The first kappa shape index (κ1) is 16.1. The summed E-state index contributed by atoms with van der Waals surface area (Å²) in [4.78, 5) is 26.3. The Morgan fingerprint density at radius 1 is 1.35 bits per heavy atom. The second-order valence-electron chi connectivity index (χ2n) is 6.56. The van der Waals surface area contributed by atoms with Gasteiger partial charge in [0.05, 0.1) is 12.0 Å². The number of benzene rings is 1. The fourth-order valence-corrected chi connectivity index (χ4v) is 3.44. The van der Waals surface area contributed by atoms with Crippen molar-refractivity contribution in [2.75, 3.05) is 13.1 Å². The molecule has 0 atom stereocenters. The number of aryl methyl sites for hydroxylation is 1. The molecule has 1 aromatic carbocycles. The summed E-state index contributed by atoms with van der Waals surface area (Å²) in [7, 11) is 0. The number of rotatable bonds is 1. The number of hydrogen-bond donors (Lipinski definition) is 0. The molecule has 5 heteroatoms. The molecule has 0 aliphatic carbocycles. The second-order valence-corrected chi connectivity index (χ2v) is 6.96. The van der Waals surface area contributed by atoms with Crippen molar-refractivity contribution in [1.29, 1.82) is 0 Å². The first-order chi connectivity index (χ1) is 10.8. The molecule has 0 bridgehead atoms. The Bertz CT molecular complexity index is 702. The SMILES string of the molecule is C=C(C)C(=O)N1CCC2(CC1)CC(=O)c1cc(Cl)c(C)cc1O2. The molecule has 0 radical (unpaired) electrons. The molecule has 1 aromatic rings. The Hall–Kier alpha value is -1.81. The van der Waals surface area contributed by atoms with Gasteiger partial charge in [0, 0.05) is 36.5 Å². The molecule has 2 aliphatic rings. The summed E-state index contributed by atoms with van der Waals surface area (Å²) in [5.74, 6) is 0.653. The van der Waals surface area contributed by atoms with Crippen LogP contribution in [0, 0.1) is 6.92 Å². The van der Waals surface area contributed by atoms with Gasteiger partial charge in [-0.3, -0.25) is 9.59 Å². The largest absolute Gasteiger partial charge is 0.486 e. The van der Waals surface area contributed by atoms with E-state index >= 15 is 0 Å². The summed E-state index contributed by atoms with van der Waals surface area (Å²) in [6.45, 7) is 8.49. The number of Topliss-reactive ketones (excluding diaryl/α,β-unsaturated/α-hetero) is 1. The second kappa shape index (κ2) is 5.68. The summed E-state index contributed by atoms with van der Waals surface area (Å²) in [6.07, 6.45) is 1.65. The van der Waals surface area contributed by atoms with Gasteiger partial charge in [0.15, 0.2) is 5.78 Å². The Morgan fingerprint density at radius 2 is 2.00 bits per heavy atom. The third kappa shape index (κ3) is 2.88. The highest BCUT2D eigenvalue weighted by Crippen LogP contribution is 2.41. The molecule has 0 unspecified atom stereocenters. The lowest BCUT2D eigenvalue weighted by molar-refractivity contribution is -0.130. The maximum absolute atomic E-state index is 12.5. The van der Waals surface area contributed by atoms with Crippen LogP contribution >= 0.6 is 11.6 Å². The molecule has 2 aliphatic heterocycles. The first-order valence-corrected chi connectivity index (χ1v) is 8.16. The van der Waals surface area contributed by atoms with Gasteiger partial charge >= 0.3 is 0 Å². The van der Waals surface area contributed by atoms with E-state index in [-0.39, 0.29) is 11.7 Å². The Kier molecular flexibility index (Phi) is 3.96. The van der Waals surface area contributed by atoms with E-state index in [0.717, 1.165) is 5.56 Å². The maximum atomic E-state index is 12.5. The van der Waals surface area contributed by atoms with Crippen molar-refractivity contribution in [3.63, 3.8) is 0 Å². The summed E-state index contributed by atoms with van der Waals surface area (Å²) in [5, 5.41) is 0.582. The van der Waals surface area contributed by atoms with Crippen LogP contribution in [-0.2, 0) is 4.79 Å². The van der Waals surface area contributed by atoms with Gasteiger partial charge in [-0.1, -0.05) is 18.2 Å². The van der Waals surface area contributed by atoms with Crippen molar-refractivity contribution in [3.05, 3.63) is 40.4 Å². The number of likely N-dealkylation sites (tertiary alicyclic amines) is 1. The number of carbonyl (C=O) groups is 2. The van der Waals surface area contributed by atoms with Gasteiger partial charge in [-0.25, -0.2) is 0 Å². The lowest BCUT2D eigenvalue weighted by Gasteiger charge is -2.44. The van der Waals surface area contributed by atoms with E-state index < -0.39 is 5.60 Å². The standard InChI is InChI=1S/C18H20ClNO3/c1-11(2)17(22)20-6-4-18(5-7-20)10-15(21)13-9-14(19)12(3)8-16(13)23-18/h8-9H,1,4-7,10H2,2-3H3. The van der Waals surface area contributed by atoms with Gasteiger partial charge < -0.3 is 9.64 Å². The smallest absolute Gasteiger partial charge is 0.248 e. The van der Waals surface area contributed by atoms with Crippen LogP contribution in [-0.4, -0.2) is 35.3 Å². The van der Waals surface area contributed by atoms with Crippen molar-refractivity contribution < 1.29 is 14.3 Å². The van der Waals surface area contributed by atoms with E-state index in [2.05, 4.69) is 6.58 Å². The average Bonchev–Trinajstić information content (AvgIpc) is 2.49. The molecule has 0 aromatic heterocycles. The highest BCUT2D eigenvalue weighted by Gasteiger charge is 2.43. The zero-order valence-corrected chi connectivity index (χ0v) is 14.2. The molecule has 0 saturated carbocycles. The average molecular weight is 334 g/mol. The van der Waals surface area contributed by atoms with Crippen LogP contribution in [0.1, 0.15) is 42.1 Å². The van der Waals surface area contributed by atoms with E-state index in [0.29, 0.717) is 54.3 Å². The quantitative estimate of drug-likeness (QED) is 0.738. The zero-order valence-electron chi connectivity index (χ0n) is 13.4. The fourth-order valence-electron chi connectivity index (χ4n) is 3.28. The van der Waals surface area contributed by atoms with Gasteiger partial charge in [0.25, 0.3) is 0 Å². The lowest BCUT2D eigenvalue weighted by atomic mass is 9.82. The van der Waals surface area contributed by atoms with Gasteiger partial charge in [-0.2, -0.15) is 0 Å². The molecule has 1 spiro atoms. The number of halogens is 1. The molecule has 1 amide bonds. The molecule has 122 valence electrons. The summed E-state index contributed by atoms with van der Waals surface area (Å²) < 4.78 is 6.22. The summed E-state index contributed by atoms with van der Waals surface area (Å²) >= 11 is 6.11. The molecule has 3 rings (SSSR count). The molecule has 2 heterocycles. The number of nitrogens with zero attached hydrogens (tertiary/aromatic N) is 1. The number of piperidine rings is 1. The normalized spacial score (nSPS) is 19.3. The van der Waals surface area contributed by atoms with Crippen LogP contribution in [0.2, 0.25) is 5.02 Å². The van der Waals surface area contributed by atoms with Crippen molar-refractivity contribution in [2.45, 2.75) is 38.7 Å². The van der Waals surface area contributed by atoms with Gasteiger partial charge in [-0.05, 0) is 31.5 Å². The third-order valence-corrected chi connectivity index (χ3v) is 5.10. The topological polar surface area (TPSA) is 46.6 Å². The van der Waals surface area contributed by atoms with Crippen LogP contribution in [0.4, 0.5) is 0 Å². The Balaban J connectivity index is 1.81. The molecule has 1 fully saturated rings. The predicted octanol–water partition coefficient (Wildman–Crippen LogP) is 3.55. The lowest BCUT2D eigenvalue weighted by Crippen LogP contribution is -2.52. The van der Waals surface area contributed by atoms with E-state index in [1.807, 2.05) is 13.0 Å². The van der Waals surface area contributed by atoms with Crippen LogP contribution in [0.3, 0.4) is 0 Å². The molecule has 1 saturated heterocycles.